The highest BCUT2D eigenvalue weighted by Crippen LogP contribution is 2.14. The lowest BCUT2D eigenvalue weighted by Gasteiger charge is -2.00. The van der Waals surface area contributed by atoms with Crippen molar-refractivity contribution in [2.75, 3.05) is 5.48 Å². The Morgan fingerprint density at radius 2 is 1.91 bits per heavy atom. The molecule has 2 heteroatoms. The summed E-state index contributed by atoms with van der Waals surface area (Å²) in [5.41, 5.74) is 4.86. The van der Waals surface area contributed by atoms with Crippen LogP contribution in [0, 0.1) is 0 Å². The van der Waals surface area contributed by atoms with Crippen LogP contribution in [0.25, 0.3) is 5.57 Å². The first-order valence-corrected chi connectivity index (χ1v) is 3.40. The second-order valence-electron chi connectivity index (χ2n) is 2.47. The number of nitrogens with one attached hydrogen (secondary N) is 1. The van der Waals surface area contributed by atoms with Gasteiger partial charge >= 0.3 is 0 Å². The molecule has 2 nitrogen and oxygen atoms in total. The summed E-state index contributed by atoms with van der Waals surface area (Å²) in [6.45, 7) is 5.74. The minimum absolute atomic E-state index is 0.690. The van der Waals surface area contributed by atoms with Crippen LogP contribution in [0.4, 0.5) is 5.69 Å². The quantitative estimate of drug-likeness (QED) is 0.633. The molecular weight excluding hydrogens is 138 g/mol. The van der Waals surface area contributed by atoms with E-state index in [0.717, 1.165) is 11.1 Å². The molecule has 0 aliphatic carbocycles. The molecule has 0 aromatic heterocycles. The maximum absolute atomic E-state index is 8.49. The lowest BCUT2D eigenvalue weighted by atomic mass is 10.1. The third kappa shape index (κ3) is 1.82. The van der Waals surface area contributed by atoms with Crippen molar-refractivity contribution >= 4 is 11.3 Å². The van der Waals surface area contributed by atoms with E-state index in [4.69, 9.17) is 5.21 Å². The van der Waals surface area contributed by atoms with E-state index in [9.17, 15) is 0 Å². The number of hydrogen-bond acceptors (Lipinski definition) is 2. The zero-order valence-electron chi connectivity index (χ0n) is 6.46. The second-order valence-corrected chi connectivity index (χ2v) is 2.47. The number of benzene rings is 1. The van der Waals surface area contributed by atoms with Crippen LogP contribution < -0.4 is 5.48 Å². The molecule has 0 saturated heterocycles. The largest absolute Gasteiger partial charge is 0.291 e. The maximum atomic E-state index is 8.49. The van der Waals surface area contributed by atoms with Gasteiger partial charge in [-0.15, -0.1) is 0 Å². The van der Waals surface area contributed by atoms with Gasteiger partial charge < -0.3 is 0 Å². The summed E-state index contributed by atoms with van der Waals surface area (Å²) in [5, 5.41) is 8.49. The molecule has 0 radical (unpaired) electrons. The van der Waals surface area contributed by atoms with Crippen molar-refractivity contribution in [2.24, 2.45) is 0 Å². The summed E-state index contributed by atoms with van der Waals surface area (Å²) in [6, 6.07) is 7.40. The van der Waals surface area contributed by atoms with Gasteiger partial charge in [0.15, 0.2) is 0 Å². The second kappa shape index (κ2) is 3.21. The number of rotatable bonds is 2. The third-order valence-corrected chi connectivity index (χ3v) is 1.51. The molecule has 0 aliphatic heterocycles. The van der Waals surface area contributed by atoms with Gasteiger partial charge in [-0.25, -0.2) is 0 Å². The molecule has 0 amide bonds. The van der Waals surface area contributed by atoms with Gasteiger partial charge in [-0.1, -0.05) is 24.3 Å². The van der Waals surface area contributed by atoms with Crippen LogP contribution in [0.1, 0.15) is 12.5 Å². The topological polar surface area (TPSA) is 32.3 Å². The molecule has 2 N–H and O–H groups in total. The molecule has 0 atom stereocenters. The molecule has 1 aromatic carbocycles. The highest BCUT2D eigenvalue weighted by Gasteiger charge is 1.92. The SMILES string of the molecule is C=C(C)c1ccc(NO)cc1. The summed E-state index contributed by atoms with van der Waals surface area (Å²) in [5.74, 6) is 0. The van der Waals surface area contributed by atoms with E-state index >= 15 is 0 Å². The number of allylic oxidation sites excluding steroid dienone is 1. The van der Waals surface area contributed by atoms with Crippen LogP contribution in [0.2, 0.25) is 0 Å². The van der Waals surface area contributed by atoms with Gasteiger partial charge in [-0.3, -0.25) is 10.7 Å². The average Bonchev–Trinajstić information content (AvgIpc) is 2.05. The zero-order valence-corrected chi connectivity index (χ0v) is 6.46. The normalized spacial score (nSPS) is 9.27. The maximum Gasteiger partial charge on any atom is 0.0602 e. The summed E-state index contributed by atoms with van der Waals surface area (Å²) in [6.07, 6.45) is 0. The molecule has 0 unspecified atom stereocenters. The first-order valence-electron chi connectivity index (χ1n) is 3.40. The van der Waals surface area contributed by atoms with E-state index in [0.29, 0.717) is 5.69 Å². The van der Waals surface area contributed by atoms with Crippen molar-refractivity contribution in [1.82, 2.24) is 0 Å². The van der Waals surface area contributed by atoms with E-state index < -0.39 is 0 Å². The Kier molecular flexibility index (Phi) is 2.28. The Labute approximate surface area is 66.1 Å². The highest BCUT2D eigenvalue weighted by atomic mass is 16.5. The van der Waals surface area contributed by atoms with Gasteiger partial charge in [-0.05, 0) is 24.6 Å². The molecule has 0 aliphatic rings. The summed E-state index contributed by atoms with van der Waals surface area (Å²) >= 11 is 0. The van der Waals surface area contributed by atoms with E-state index in [1.54, 1.807) is 12.1 Å². The first kappa shape index (κ1) is 7.82. The van der Waals surface area contributed by atoms with Crippen LogP contribution in [-0.4, -0.2) is 5.21 Å². The van der Waals surface area contributed by atoms with Crippen LogP contribution >= 0.6 is 0 Å². The molecule has 0 fully saturated rings. The van der Waals surface area contributed by atoms with Gasteiger partial charge in [0.25, 0.3) is 0 Å². The minimum atomic E-state index is 0.690. The van der Waals surface area contributed by atoms with Crippen LogP contribution in [0.15, 0.2) is 30.8 Å². The number of hydrogen-bond donors (Lipinski definition) is 2. The Morgan fingerprint density at radius 3 is 2.27 bits per heavy atom. The lowest BCUT2D eigenvalue weighted by Crippen LogP contribution is -1.88. The molecule has 0 heterocycles. The third-order valence-electron chi connectivity index (χ3n) is 1.51. The van der Waals surface area contributed by atoms with Crippen molar-refractivity contribution < 1.29 is 5.21 Å². The minimum Gasteiger partial charge on any atom is -0.291 e. The van der Waals surface area contributed by atoms with Gasteiger partial charge in [0, 0.05) is 0 Å². The van der Waals surface area contributed by atoms with Crippen molar-refractivity contribution in [3.8, 4) is 0 Å². The Bertz CT molecular complexity index is 251. The fourth-order valence-electron chi connectivity index (χ4n) is 0.829. The fourth-order valence-corrected chi connectivity index (χ4v) is 0.829. The van der Waals surface area contributed by atoms with Gasteiger partial charge in [0.05, 0.1) is 5.69 Å². The summed E-state index contributed by atoms with van der Waals surface area (Å²) in [7, 11) is 0. The lowest BCUT2D eigenvalue weighted by molar-refractivity contribution is 0.389. The van der Waals surface area contributed by atoms with Gasteiger partial charge in [0.2, 0.25) is 0 Å². The predicted molar refractivity (Wildman–Crippen MR) is 46.6 cm³/mol. The molecule has 0 bridgehead atoms. The van der Waals surface area contributed by atoms with Gasteiger partial charge in [0.1, 0.15) is 0 Å². The zero-order chi connectivity index (χ0) is 8.27. The molecule has 11 heavy (non-hydrogen) atoms. The standard InChI is InChI=1S/C9H11NO/c1-7(2)8-3-5-9(10-11)6-4-8/h3-6,10-11H,1H2,2H3. The predicted octanol–water partition coefficient (Wildman–Crippen LogP) is 2.52. The summed E-state index contributed by atoms with van der Waals surface area (Å²) in [4.78, 5) is 0. The van der Waals surface area contributed by atoms with E-state index in [-0.39, 0.29) is 0 Å². The van der Waals surface area contributed by atoms with Crippen molar-refractivity contribution in [2.45, 2.75) is 6.92 Å². The molecule has 58 valence electrons. The first-order chi connectivity index (χ1) is 5.24. The Hall–Kier alpha value is -1.28. The molecule has 1 rings (SSSR count). The molecule has 0 saturated carbocycles. The monoisotopic (exact) mass is 149 g/mol. The fraction of sp³-hybridized carbons (Fsp3) is 0.111. The van der Waals surface area contributed by atoms with E-state index in [1.165, 1.54) is 0 Å². The van der Waals surface area contributed by atoms with E-state index in [2.05, 4.69) is 12.1 Å². The molecule has 0 spiro atoms. The van der Waals surface area contributed by atoms with Crippen molar-refractivity contribution in [3.63, 3.8) is 0 Å². The Balaban J connectivity index is 2.91. The highest BCUT2D eigenvalue weighted by molar-refractivity contribution is 5.63. The smallest absolute Gasteiger partial charge is 0.0602 e. The van der Waals surface area contributed by atoms with Crippen LogP contribution in [0.3, 0.4) is 0 Å². The van der Waals surface area contributed by atoms with Gasteiger partial charge in [-0.2, -0.15) is 0 Å². The number of anilines is 1. The van der Waals surface area contributed by atoms with Crippen LogP contribution in [0.5, 0.6) is 0 Å². The van der Waals surface area contributed by atoms with Crippen LogP contribution in [-0.2, 0) is 0 Å². The summed E-state index contributed by atoms with van der Waals surface area (Å²) < 4.78 is 0. The van der Waals surface area contributed by atoms with Crippen molar-refractivity contribution in [1.29, 1.82) is 0 Å². The van der Waals surface area contributed by atoms with Crippen molar-refractivity contribution in [3.05, 3.63) is 36.4 Å². The average molecular weight is 149 g/mol. The molecule has 1 aromatic rings. The van der Waals surface area contributed by atoms with E-state index in [1.807, 2.05) is 19.1 Å². The molecular formula is C9H11NO. The Morgan fingerprint density at radius 1 is 1.36 bits per heavy atom.